The normalized spacial score (nSPS) is 12.1. The van der Waals surface area contributed by atoms with Gasteiger partial charge >= 0.3 is 0 Å². The molecule has 0 aliphatic heterocycles. The van der Waals surface area contributed by atoms with Gasteiger partial charge in [0, 0.05) is 18.5 Å². The van der Waals surface area contributed by atoms with Crippen LogP contribution >= 0.6 is 11.6 Å². The van der Waals surface area contributed by atoms with Crippen molar-refractivity contribution in [3.05, 3.63) is 16.4 Å². The zero-order chi connectivity index (χ0) is 13.1. The van der Waals surface area contributed by atoms with Crippen LogP contribution in [0.15, 0.2) is 0 Å². The maximum Gasteiger partial charge on any atom is 0.0850 e. The van der Waals surface area contributed by atoms with E-state index in [2.05, 4.69) is 32.8 Å². The van der Waals surface area contributed by atoms with Crippen LogP contribution < -0.4 is 5.73 Å². The zero-order valence-corrected chi connectivity index (χ0v) is 12.1. The first-order chi connectivity index (χ1) is 8.01. The van der Waals surface area contributed by atoms with Gasteiger partial charge in [-0.1, -0.05) is 32.4 Å². The third-order valence-electron chi connectivity index (χ3n) is 3.62. The molecule has 1 aromatic heterocycles. The average Bonchev–Trinajstić information content (AvgIpc) is 2.66. The largest absolute Gasteiger partial charge is 0.325 e. The van der Waals surface area contributed by atoms with Gasteiger partial charge in [-0.15, -0.1) is 0 Å². The molecule has 4 heteroatoms. The van der Waals surface area contributed by atoms with Crippen molar-refractivity contribution in [3.63, 3.8) is 0 Å². The molecule has 0 bridgehead atoms. The minimum absolute atomic E-state index is 0.165. The molecule has 0 unspecified atom stereocenters. The van der Waals surface area contributed by atoms with E-state index in [4.69, 9.17) is 17.3 Å². The van der Waals surface area contributed by atoms with Crippen molar-refractivity contribution in [2.45, 2.75) is 65.5 Å². The van der Waals surface area contributed by atoms with Crippen LogP contribution in [-0.4, -0.2) is 15.3 Å². The summed E-state index contributed by atoms with van der Waals surface area (Å²) in [5, 5.41) is 5.34. The highest BCUT2D eigenvalue weighted by molar-refractivity contribution is 6.31. The van der Waals surface area contributed by atoms with Gasteiger partial charge in [-0.05, 0) is 26.2 Å². The molecule has 2 N–H and O–H groups in total. The Hall–Kier alpha value is -0.540. The Bertz CT molecular complexity index is 367. The van der Waals surface area contributed by atoms with Crippen LogP contribution in [0.2, 0.25) is 5.02 Å². The van der Waals surface area contributed by atoms with E-state index in [1.54, 1.807) is 0 Å². The molecule has 0 saturated heterocycles. The molecule has 0 saturated carbocycles. The lowest BCUT2D eigenvalue weighted by Gasteiger charge is -2.27. The minimum Gasteiger partial charge on any atom is -0.325 e. The number of nitrogens with zero attached hydrogens (tertiary/aromatic N) is 2. The second-order valence-corrected chi connectivity index (χ2v) is 5.00. The summed E-state index contributed by atoms with van der Waals surface area (Å²) in [4.78, 5) is 0. The maximum absolute atomic E-state index is 6.39. The Balaban J connectivity index is 3.08. The molecule has 0 aromatic carbocycles. The highest BCUT2D eigenvalue weighted by Gasteiger charge is 2.25. The van der Waals surface area contributed by atoms with Crippen molar-refractivity contribution in [1.29, 1.82) is 0 Å². The Morgan fingerprint density at radius 2 is 1.82 bits per heavy atom. The number of nitrogens with two attached hydrogens (primary N) is 1. The fourth-order valence-corrected chi connectivity index (χ4v) is 2.36. The highest BCUT2D eigenvalue weighted by Crippen LogP contribution is 2.27. The smallest absolute Gasteiger partial charge is 0.0850 e. The van der Waals surface area contributed by atoms with Gasteiger partial charge in [-0.3, -0.25) is 4.68 Å². The molecule has 1 heterocycles. The van der Waals surface area contributed by atoms with Crippen LogP contribution in [0.5, 0.6) is 0 Å². The number of rotatable bonds is 6. The van der Waals surface area contributed by atoms with E-state index in [0.29, 0.717) is 0 Å². The molecule has 98 valence electrons. The second kappa shape index (κ2) is 5.87. The van der Waals surface area contributed by atoms with Crippen LogP contribution in [0.3, 0.4) is 0 Å². The fourth-order valence-electron chi connectivity index (χ4n) is 2.02. The van der Waals surface area contributed by atoms with E-state index in [9.17, 15) is 0 Å². The molecule has 0 atom stereocenters. The van der Waals surface area contributed by atoms with Gasteiger partial charge in [0.25, 0.3) is 0 Å². The van der Waals surface area contributed by atoms with Gasteiger partial charge < -0.3 is 5.73 Å². The lowest BCUT2D eigenvalue weighted by molar-refractivity contribution is 0.380. The summed E-state index contributed by atoms with van der Waals surface area (Å²) in [6, 6.07) is 0. The number of aryl methyl sites for hydroxylation is 2. The van der Waals surface area contributed by atoms with Crippen LogP contribution in [0.25, 0.3) is 0 Å². The Morgan fingerprint density at radius 3 is 2.24 bits per heavy atom. The van der Waals surface area contributed by atoms with Crippen LogP contribution in [0.4, 0.5) is 0 Å². The van der Waals surface area contributed by atoms with Gasteiger partial charge in [-0.25, -0.2) is 0 Å². The molecule has 17 heavy (non-hydrogen) atoms. The third kappa shape index (κ3) is 3.02. The van der Waals surface area contributed by atoms with Gasteiger partial charge in [0.05, 0.1) is 16.4 Å². The summed E-state index contributed by atoms with van der Waals surface area (Å²) >= 11 is 6.39. The van der Waals surface area contributed by atoms with E-state index in [1.807, 2.05) is 4.68 Å². The third-order valence-corrected chi connectivity index (χ3v) is 4.06. The van der Waals surface area contributed by atoms with E-state index < -0.39 is 0 Å². The average molecular weight is 258 g/mol. The molecular formula is C13H24ClN3. The minimum atomic E-state index is -0.165. The molecule has 1 rings (SSSR count). The van der Waals surface area contributed by atoms with Gasteiger partial charge in [-0.2, -0.15) is 5.10 Å². The molecular weight excluding hydrogens is 234 g/mol. The molecule has 0 aliphatic carbocycles. The topological polar surface area (TPSA) is 43.8 Å². The van der Waals surface area contributed by atoms with Crippen molar-refractivity contribution >= 4 is 11.6 Å². The standard InChI is InChI=1S/C13H24ClN3/c1-5-10-12(14)11(17(8-4)16-10)9-13(15,6-2)7-3/h5-9,15H2,1-4H3. The lowest BCUT2D eigenvalue weighted by atomic mass is 9.88. The van der Waals surface area contributed by atoms with Crippen molar-refractivity contribution < 1.29 is 0 Å². The summed E-state index contributed by atoms with van der Waals surface area (Å²) in [5.41, 5.74) is 8.29. The van der Waals surface area contributed by atoms with Crippen LogP contribution in [0.1, 0.15) is 51.9 Å². The Morgan fingerprint density at radius 1 is 1.24 bits per heavy atom. The monoisotopic (exact) mass is 257 g/mol. The summed E-state index contributed by atoms with van der Waals surface area (Å²) in [7, 11) is 0. The molecule has 0 fully saturated rings. The van der Waals surface area contributed by atoms with E-state index in [1.165, 1.54) is 0 Å². The van der Waals surface area contributed by atoms with Gasteiger partial charge in [0.2, 0.25) is 0 Å². The Kier molecular flexibility index (Phi) is 5.02. The van der Waals surface area contributed by atoms with Gasteiger partial charge in [0.1, 0.15) is 0 Å². The molecule has 3 nitrogen and oxygen atoms in total. The fraction of sp³-hybridized carbons (Fsp3) is 0.769. The Labute approximate surface area is 109 Å². The van der Waals surface area contributed by atoms with Crippen molar-refractivity contribution in [2.75, 3.05) is 0 Å². The summed E-state index contributed by atoms with van der Waals surface area (Å²) in [5.74, 6) is 0. The highest BCUT2D eigenvalue weighted by atomic mass is 35.5. The number of aromatic nitrogens is 2. The molecule has 1 aromatic rings. The SMILES string of the molecule is CCc1nn(CC)c(CC(N)(CC)CC)c1Cl. The number of hydrogen-bond donors (Lipinski definition) is 1. The first-order valence-electron chi connectivity index (χ1n) is 6.54. The van der Waals surface area contributed by atoms with Crippen LogP contribution in [0, 0.1) is 0 Å². The van der Waals surface area contributed by atoms with Crippen molar-refractivity contribution in [2.24, 2.45) is 5.73 Å². The summed E-state index contributed by atoms with van der Waals surface area (Å²) in [6.07, 6.45) is 3.58. The van der Waals surface area contributed by atoms with E-state index >= 15 is 0 Å². The van der Waals surface area contributed by atoms with Crippen molar-refractivity contribution in [1.82, 2.24) is 9.78 Å². The predicted molar refractivity (Wildman–Crippen MR) is 73.5 cm³/mol. The van der Waals surface area contributed by atoms with Crippen molar-refractivity contribution in [3.8, 4) is 0 Å². The molecule has 0 spiro atoms. The van der Waals surface area contributed by atoms with E-state index in [-0.39, 0.29) is 5.54 Å². The molecule has 0 radical (unpaired) electrons. The predicted octanol–water partition coefficient (Wildman–Crippen LogP) is 3.18. The zero-order valence-electron chi connectivity index (χ0n) is 11.4. The van der Waals surface area contributed by atoms with E-state index in [0.717, 1.165) is 48.6 Å². The van der Waals surface area contributed by atoms with Gasteiger partial charge in [0.15, 0.2) is 0 Å². The lowest BCUT2D eigenvalue weighted by Crippen LogP contribution is -2.41. The summed E-state index contributed by atoms with van der Waals surface area (Å²) < 4.78 is 1.99. The first-order valence-corrected chi connectivity index (χ1v) is 6.92. The quantitative estimate of drug-likeness (QED) is 0.851. The number of halogens is 1. The summed E-state index contributed by atoms with van der Waals surface area (Å²) in [6.45, 7) is 9.27. The molecule has 0 aliphatic rings. The van der Waals surface area contributed by atoms with Crippen LogP contribution in [-0.2, 0) is 19.4 Å². The first kappa shape index (κ1) is 14.5. The maximum atomic E-state index is 6.39. The second-order valence-electron chi connectivity index (χ2n) is 4.62. The number of hydrogen-bond acceptors (Lipinski definition) is 2. The molecule has 0 amide bonds.